The predicted octanol–water partition coefficient (Wildman–Crippen LogP) is 5.25. The van der Waals surface area contributed by atoms with Gasteiger partial charge in [0.25, 0.3) is 10.0 Å². The van der Waals surface area contributed by atoms with Crippen LogP contribution in [-0.2, 0) is 29.4 Å². The first-order valence-electron chi connectivity index (χ1n) is 12.4. The predicted molar refractivity (Wildman–Crippen MR) is 156 cm³/mol. The zero-order valence-electron chi connectivity index (χ0n) is 21.8. The number of anilines is 2. The van der Waals surface area contributed by atoms with E-state index >= 15 is 4.39 Å². The van der Waals surface area contributed by atoms with Crippen LogP contribution >= 0.6 is 22.9 Å². The van der Waals surface area contributed by atoms with E-state index in [1.807, 2.05) is 24.3 Å². The van der Waals surface area contributed by atoms with E-state index in [4.69, 9.17) is 26.8 Å². The van der Waals surface area contributed by atoms with Gasteiger partial charge in [0.05, 0.1) is 31.5 Å². The third kappa shape index (κ3) is 5.60. The minimum absolute atomic E-state index is 0.0622. The molecule has 1 aliphatic carbocycles. The number of nitrogens with two attached hydrogens (primary N) is 1. The summed E-state index contributed by atoms with van der Waals surface area (Å²) in [6.07, 6.45) is 2.78. The fourth-order valence-corrected chi connectivity index (χ4v) is 7.41. The lowest BCUT2D eigenvalue weighted by atomic mass is 9.85. The van der Waals surface area contributed by atoms with E-state index in [0.29, 0.717) is 29.9 Å². The van der Waals surface area contributed by atoms with Crippen LogP contribution in [0.1, 0.15) is 16.7 Å². The third-order valence-electron chi connectivity index (χ3n) is 6.90. The van der Waals surface area contributed by atoms with Crippen molar-refractivity contribution in [1.29, 1.82) is 0 Å². The normalized spacial score (nSPS) is 16.7. The topological polar surface area (TPSA) is 107 Å². The number of nitrogens with zero attached hydrogens (tertiary/aromatic N) is 2. The van der Waals surface area contributed by atoms with E-state index in [2.05, 4.69) is 10.3 Å². The lowest BCUT2D eigenvalue weighted by Crippen LogP contribution is -2.46. The number of hydrogen-bond acceptors (Lipinski definition) is 8. The average molecular weight is 603 g/mol. The minimum Gasteiger partial charge on any atom is -0.497 e. The molecule has 3 aromatic carbocycles. The van der Waals surface area contributed by atoms with Crippen LogP contribution in [-0.4, -0.2) is 39.7 Å². The van der Waals surface area contributed by atoms with E-state index in [-0.39, 0.29) is 34.5 Å². The van der Waals surface area contributed by atoms with Crippen LogP contribution in [0.2, 0.25) is 5.02 Å². The molecule has 0 bridgehead atoms. The van der Waals surface area contributed by atoms with Gasteiger partial charge >= 0.3 is 0 Å². The lowest BCUT2D eigenvalue weighted by molar-refractivity contribution is 0.391. The number of nitrogens with one attached hydrogen (secondary N) is 1. The number of benzene rings is 3. The van der Waals surface area contributed by atoms with Crippen LogP contribution in [0.5, 0.6) is 11.5 Å². The van der Waals surface area contributed by atoms with Crippen molar-refractivity contribution in [2.75, 3.05) is 23.8 Å². The summed E-state index contributed by atoms with van der Waals surface area (Å²) < 4.78 is 55.2. The summed E-state index contributed by atoms with van der Waals surface area (Å²) in [5.74, 6) is 0.0193. The van der Waals surface area contributed by atoms with Crippen molar-refractivity contribution in [3.8, 4) is 11.5 Å². The summed E-state index contributed by atoms with van der Waals surface area (Å²) in [6.45, 7) is -0.156. The number of halogens is 2. The molecule has 0 aliphatic heterocycles. The molecule has 1 heterocycles. The largest absolute Gasteiger partial charge is 0.497 e. The molecule has 0 spiro atoms. The van der Waals surface area contributed by atoms with Crippen molar-refractivity contribution in [1.82, 2.24) is 4.98 Å². The first-order valence-corrected chi connectivity index (χ1v) is 15.1. The van der Waals surface area contributed by atoms with Crippen molar-refractivity contribution >= 4 is 43.8 Å². The molecule has 210 valence electrons. The van der Waals surface area contributed by atoms with Crippen LogP contribution in [0.25, 0.3) is 0 Å². The number of rotatable bonds is 9. The summed E-state index contributed by atoms with van der Waals surface area (Å²) >= 11 is 7.66. The smallest absolute Gasteiger partial charge is 0.269 e. The Balaban J connectivity index is 1.46. The number of hydrogen-bond donors (Lipinski definition) is 2. The van der Waals surface area contributed by atoms with Gasteiger partial charge in [0.2, 0.25) is 0 Å². The average Bonchev–Trinajstić information content (AvgIpc) is 3.48. The van der Waals surface area contributed by atoms with Crippen molar-refractivity contribution in [3.05, 3.63) is 93.7 Å². The van der Waals surface area contributed by atoms with Gasteiger partial charge in [0.15, 0.2) is 5.13 Å². The first kappa shape index (κ1) is 28.2. The summed E-state index contributed by atoms with van der Waals surface area (Å²) in [5, 5.41) is 5.11. The fourth-order valence-electron chi connectivity index (χ4n) is 4.79. The highest BCUT2D eigenvalue weighted by atomic mass is 35.5. The second-order valence-corrected chi connectivity index (χ2v) is 12.5. The molecule has 2 atom stereocenters. The molecule has 4 aromatic rings. The molecule has 0 radical (unpaired) electrons. The highest BCUT2D eigenvalue weighted by molar-refractivity contribution is 7.93. The molecule has 1 aliphatic rings. The third-order valence-corrected chi connectivity index (χ3v) is 9.88. The van der Waals surface area contributed by atoms with Crippen molar-refractivity contribution in [2.45, 2.75) is 36.4 Å². The van der Waals surface area contributed by atoms with Gasteiger partial charge in [-0.3, -0.25) is 0 Å². The maximum absolute atomic E-state index is 15.6. The molecule has 12 heteroatoms. The molecule has 1 aromatic heterocycles. The highest BCUT2D eigenvalue weighted by Crippen LogP contribution is 2.36. The Morgan fingerprint density at radius 1 is 1.12 bits per heavy atom. The number of methoxy groups -OCH3 is 2. The Morgan fingerprint density at radius 2 is 1.88 bits per heavy atom. The highest BCUT2D eigenvalue weighted by Gasteiger charge is 2.32. The van der Waals surface area contributed by atoms with Crippen molar-refractivity contribution in [2.24, 2.45) is 5.73 Å². The molecule has 40 heavy (non-hydrogen) atoms. The quantitative estimate of drug-likeness (QED) is 0.269. The van der Waals surface area contributed by atoms with Crippen LogP contribution in [0.4, 0.5) is 15.2 Å². The Kier molecular flexibility index (Phi) is 8.18. The van der Waals surface area contributed by atoms with Gasteiger partial charge < -0.3 is 20.5 Å². The second kappa shape index (κ2) is 11.6. The molecule has 0 amide bonds. The summed E-state index contributed by atoms with van der Waals surface area (Å²) in [6, 6.07) is 14.9. The summed E-state index contributed by atoms with van der Waals surface area (Å²) in [5.41, 5.74) is 9.57. The molecule has 8 nitrogen and oxygen atoms in total. The molecule has 0 fully saturated rings. The maximum atomic E-state index is 15.6. The van der Waals surface area contributed by atoms with E-state index in [0.717, 1.165) is 33.3 Å². The summed E-state index contributed by atoms with van der Waals surface area (Å²) in [4.78, 5) is 3.62. The van der Waals surface area contributed by atoms with Gasteiger partial charge in [-0.25, -0.2) is 22.1 Å². The number of aromatic nitrogens is 1. The van der Waals surface area contributed by atoms with E-state index < -0.39 is 20.7 Å². The van der Waals surface area contributed by atoms with Crippen LogP contribution in [0, 0.1) is 5.82 Å². The number of fused-ring (bicyclic) bond motifs is 1. The van der Waals surface area contributed by atoms with E-state index in [1.165, 1.54) is 26.0 Å². The monoisotopic (exact) mass is 602 g/mol. The lowest BCUT2D eigenvalue weighted by Gasteiger charge is -2.32. The maximum Gasteiger partial charge on any atom is 0.269 e. The second-order valence-electron chi connectivity index (χ2n) is 9.36. The first-order chi connectivity index (χ1) is 19.2. The molecule has 3 N–H and O–H groups in total. The van der Waals surface area contributed by atoms with E-state index in [1.54, 1.807) is 23.6 Å². The number of thiazole rings is 1. The van der Waals surface area contributed by atoms with Crippen LogP contribution in [0.3, 0.4) is 0 Å². The van der Waals surface area contributed by atoms with E-state index in [9.17, 15) is 8.42 Å². The van der Waals surface area contributed by atoms with Gasteiger partial charge in [0, 0.05) is 35.3 Å². The Bertz CT molecular complexity index is 1620. The van der Waals surface area contributed by atoms with Gasteiger partial charge in [-0.1, -0.05) is 35.9 Å². The Morgan fingerprint density at radius 3 is 2.55 bits per heavy atom. The standard InChI is InChI=1S/C28H28ClFN4O4S2/c1-37-20-8-7-19(26(13-20)38-2)16-34(28-32-9-10-39-28)40(35,36)27-14-21(29)24(15-22(27)30)33-25-12-18-6-4-3-5-17(18)11-23(25)31/h3-10,13-15,23,25,33H,11-12,16,31H2,1-2H3/t23-,25-/m0/s1. The van der Waals surface area contributed by atoms with Crippen LogP contribution in [0.15, 0.2) is 71.1 Å². The number of sulfonamides is 1. The molecular formula is C28H28ClFN4O4S2. The number of ether oxygens (including phenoxy) is 2. The van der Waals surface area contributed by atoms with Gasteiger partial charge in [0.1, 0.15) is 22.2 Å². The van der Waals surface area contributed by atoms with Crippen molar-refractivity contribution in [3.63, 3.8) is 0 Å². The molecule has 0 saturated heterocycles. The Hall–Kier alpha value is -3.38. The molecule has 0 unspecified atom stereocenters. The zero-order chi connectivity index (χ0) is 28.4. The van der Waals surface area contributed by atoms with Crippen LogP contribution < -0.4 is 24.8 Å². The molecule has 0 saturated carbocycles. The molecule has 5 rings (SSSR count). The fraction of sp³-hybridized carbons (Fsp3) is 0.250. The Labute approximate surface area is 241 Å². The van der Waals surface area contributed by atoms with Crippen molar-refractivity contribution < 1.29 is 22.3 Å². The summed E-state index contributed by atoms with van der Waals surface area (Å²) in [7, 11) is -1.44. The van der Waals surface area contributed by atoms with Gasteiger partial charge in [-0.15, -0.1) is 11.3 Å². The SMILES string of the molecule is COc1ccc(CN(c2nccs2)S(=O)(=O)c2cc(Cl)c(N[C@H]3Cc4ccccc4C[C@@H]3N)cc2F)c(OC)c1. The minimum atomic E-state index is -4.43. The van der Waals surface area contributed by atoms with Gasteiger partial charge in [-0.2, -0.15) is 0 Å². The zero-order valence-corrected chi connectivity index (χ0v) is 24.2. The molecular weight excluding hydrogens is 575 g/mol. The van der Waals surface area contributed by atoms with Gasteiger partial charge in [-0.05, 0) is 48.2 Å².